The summed E-state index contributed by atoms with van der Waals surface area (Å²) in [6.45, 7) is 4.56. The molecule has 0 atom stereocenters. The van der Waals surface area contributed by atoms with Gasteiger partial charge in [-0.3, -0.25) is 0 Å². The summed E-state index contributed by atoms with van der Waals surface area (Å²) in [5.74, 6) is 0. The molecule has 1 aromatic rings. The smallest absolute Gasteiger partial charge is 0.322 e. The molecule has 2 N–H and O–H groups in total. The summed E-state index contributed by atoms with van der Waals surface area (Å²) in [6, 6.07) is 6.82. The van der Waals surface area contributed by atoms with Crippen LogP contribution in [0.2, 0.25) is 0 Å². The fourth-order valence-electron chi connectivity index (χ4n) is 2.61. The average molecular weight is 334 g/mol. The Balaban J connectivity index is 1.57. The van der Waals surface area contributed by atoms with Crippen LogP contribution < -0.4 is 10.6 Å². The first-order chi connectivity index (χ1) is 11.7. The van der Waals surface area contributed by atoms with Crippen molar-refractivity contribution >= 4 is 23.4 Å². The number of hydrogen-bond acceptors (Lipinski definition) is 4. The zero-order chi connectivity index (χ0) is 16.8. The van der Waals surface area contributed by atoms with E-state index in [9.17, 15) is 9.59 Å². The van der Waals surface area contributed by atoms with E-state index in [1.807, 2.05) is 0 Å². The first kappa shape index (κ1) is 16.5. The molecule has 8 heteroatoms. The van der Waals surface area contributed by atoms with Gasteiger partial charge >= 0.3 is 12.1 Å². The third kappa shape index (κ3) is 4.36. The Hall–Kier alpha value is -2.32. The SMILES string of the molecule is O=C(Nc1cccc(NC(=O)N2CCOCC2)c1)N1CCOCC1. The van der Waals surface area contributed by atoms with E-state index in [2.05, 4.69) is 10.6 Å². The second-order valence-electron chi connectivity index (χ2n) is 5.64. The van der Waals surface area contributed by atoms with Crippen LogP contribution in [-0.2, 0) is 9.47 Å². The van der Waals surface area contributed by atoms with Gasteiger partial charge in [0.25, 0.3) is 0 Å². The number of anilines is 2. The topological polar surface area (TPSA) is 83.1 Å². The van der Waals surface area contributed by atoms with E-state index < -0.39 is 0 Å². The summed E-state index contributed by atoms with van der Waals surface area (Å²) in [5.41, 5.74) is 1.29. The fourth-order valence-corrected chi connectivity index (χ4v) is 2.61. The molecular weight excluding hydrogens is 312 g/mol. The minimum absolute atomic E-state index is 0.157. The van der Waals surface area contributed by atoms with Crippen LogP contribution in [0.5, 0.6) is 0 Å². The number of carbonyl (C=O) groups is 2. The number of rotatable bonds is 2. The Bertz CT molecular complexity index is 536. The van der Waals surface area contributed by atoms with Crippen LogP contribution in [0.1, 0.15) is 0 Å². The highest BCUT2D eigenvalue weighted by atomic mass is 16.5. The molecule has 130 valence electrons. The Kier molecular flexibility index (Phi) is 5.50. The van der Waals surface area contributed by atoms with Gasteiger partial charge in [0.1, 0.15) is 0 Å². The number of nitrogens with zero attached hydrogens (tertiary/aromatic N) is 2. The molecule has 4 amide bonds. The van der Waals surface area contributed by atoms with E-state index in [4.69, 9.17) is 9.47 Å². The molecule has 2 aliphatic rings. The molecule has 0 spiro atoms. The monoisotopic (exact) mass is 334 g/mol. The highest BCUT2D eigenvalue weighted by molar-refractivity contribution is 5.92. The molecule has 0 radical (unpaired) electrons. The Morgan fingerprint density at radius 2 is 1.21 bits per heavy atom. The molecule has 24 heavy (non-hydrogen) atoms. The lowest BCUT2D eigenvalue weighted by atomic mass is 10.2. The molecular formula is C16H22N4O4. The average Bonchev–Trinajstić information content (AvgIpc) is 2.63. The summed E-state index contributed by atoms with van der Waals surface area (Å²) in [6.07, 6.45) is 0. The summed E-state index contributed by atoms with van der Waals surface area (Å²) in [5, 5.41) is 5.70. The quantitative estimate of drug-likeness (QED) is 0.857. The van der Waals surface area contributed by atoms with Gasteiger partial charge < -0.3 is 29.9 Å². The van der Waals surface area contributed by atoms with Crippen LogP contribution in [-0.4, -0.2) is 74.5 Å². The third-order valence-corrected chi connectivity index (χ3v) is 3.96. The van der Waals surface area contributed by atoms with Crippen molar-refractivity contribution in [3.05, 3.63) is 24.3 Å². The first-order valence-corrected chi connectivity index (χ1v) is 8.10. The van der Waals surface area contributed by atoms with Gasteiger partial charge in [-0.2, -0.15) is 0 Å². The standard InChI is InChI=1S/C16H22N4O4/c21-15(19-4-8-23-9-5-19)17-13-2-1-3-14(12-13)18-16(22)20-6-10-24-11-7-20/h1-3,12H,4-11H2,(H,17,21)(H,18,22). The maximum Gasteiger partial charge on any atom is 0.322 e. The van der Waals surface area contributed by atoms with Gasteiger partial charge in [0.2, 0.25) is 0 Å². The highest BCUT2D eigenvalue weighted by Gasteiger charge is 2.18. The molecule has 0 bridgehead atoms. The van der Waals surface area contributed by atoms with Crippen LogP contribution >= 0.6 is 0 Å². The highest BCUT2D eigenvalue weighted by Crippen LogP contribution is 2.16. The van der Waals surface area contributed by atoms with E-state index in [1.54, 1.807) is 34.1 Å². The van der Waals surface area contributed by atoms with Crippen LogP contribution in [0, 0.1) is 0 Å². The lowest BCUT2D eigenvalue weighted by molar-refractivity contribution is 0.0564. The van der Waals surface area contributed by atoms with E-state index in [-0.39, 0.29) is 12.1 Å². The number of benzene rings is 1. The minimum Gasteiger partial charge on any atom is -0.378 e. The summed E-state index contributed by atoms with van der Waals surface area (Å²) < 4.78 is 10.5. The summed E-state index contributed by atoms with van der Waals surface area (Å²) >= 11 is 0. The normalized spacial score (nSPS) is 18.2. The van der Waals surface area contributed by atoms with Crippen molar-refractivity contribution in [2.24, 2.45) is 0 Å². The zero-order valence-electron chi connectivity index (χ0n) is 13.5. The number of nitrogens with one attached hydrogen (secondary N) is 2. The van der Waals surface area contributed by atoms with Gasteiger partial charge in [0.15, 0.2) is 0 Å². The number of amides is 4. The summed E-state index contributed by atoms with van der Waals surface area (Å²) in [7, 11) is 0. The molecule has 2 fully saturated rings. The summed E-state index contributed by atoms with van der Waals surface area (Å²) in [4.78, 5) is 27.8. The molecule has 3 rings (SSSR count). The predicted octanol–water partition coefficient (Wildman–Crippen LogP) is 1.41. The minimum atomic E-state index is -0.157. The Morgan fingerprint density at radius 1 is 0.792 bits per heavy atom. The number of carbonyl (C=O) groups excluding carboxylic acids is 2. The van der Waals surface area contributed by atoms with E-state index >= 15 is 0 Å². The Labute approximate surface area is 140 Å². The molecule has 2 saturated heterocycles. The van der Waals surface area contributed by atoms with Gasteiger partial charge in [-0.25, -0.2) is 9.59 Å². The Morgan fingerprint density at radius 3 is 1.62 bits per heavy atom. The van der Waals surface area contributed by atoms with Crippen molar-refractivity contribution in [2.75, 3.05) is 63.2 Å². The molecule has 0 aliphatic carbocycles. The van der Waals surface area contributed by atoms with E-state index in [0.29, 0.717) is 64.0 Å². The van der Waals surface area contributed by atoms with Gasteiger partial charge in [0, 0.05) is 37.6 Å². The maximum atomic E-state index is 12.2. The molecule has 0 aromatic heterocycles. The molecule has 2 aliphatic heterocycles. The molecule has 0 saturated carbocycles. The number of hydrogen-bond donors (Lipinski definition) is 2. The molecule has 0 unspecified atom stereocenters. The van der Waals surface area contributed by atoms with Crippen LogP contribution in [0.25, 0.3) is 0 Å². The van der Waals surface area contributed by atoms with Gasteiger partial charge in [-0.1, -0.05) is 6.07 Å². The predicted molar refractivity (Wildman–Crippen MR) is 89.3 cm³/mol. The maximum absolute atomic E-state index is 12.2. The lowest BCUT2D eigenvalue weighted by Gasteiger charge is -2.27. The van der Waals surface area contributed by atoms with Crippen molar-refractivity contribution < 1.29 is 19.1 Å². The molecule has 1 aromatic carbocycles. The van der Waals surface area contributed by atoms with Crippen molar-refractivity contribution in [3.8, 4) is 0 Å². The van der Waals surface area contributed by atoms with Gasteiger partial charge in [0.05, 0.1) is 26.4 Å². The second-order valence-corrected chi connectivity index (χ2v) is 5.64. The number of urea groups is 2. The van der Waals surface area contributed by atoms with Gasteiger partial charge in [-0.15, -0.1) is 0 Å². The van der Waals surface area contributed by atoms with Crippen molar-refractivity contribution in [1.82, 2.24) is 9.80 Å². The van der Waals surface area contributed by atoms with E-state index in [1.165, 1.54) is 0 Å². The zero-order valence-corrected chi connectivity index (χ0v) is 13.5. The van der Waals surface area contributed by atoms with Crippen molar-refractivity contribution in [2.45, 2.75) is 0 Å². The largest absolute Gasteiger partial charge is 0.378 e. The third-order valence-electron chi connectivity index (χ3n) is 3.96. The number of morpholine rings is 2. The van der Waals surface area contributed by atoms with Crippen LogP contribution in [0.15, 0.2) is 24.3 Å². The molecule has 2 heterocycles. The van der Waals surface area contributed by atoms with Gasteiger partial charge in [-0.05, 0) is 18.2 Å². The first-order valence-electron chi connectivity index (χ1n) is 8.10. The molecule has 8 nitrogen and oxygen atoms in total. The van der Waals surface area contributed by atoms with E-state index in [0.717, 1.165) is 0 Å². The lowest BCUT2D eigenvalue weighted by Crippen LogP contribution is -2.43. The van der Waals surface area contributed by atoms with Crippen molar-refractivity contribution in [1.29, 1.82) is 0 Å². The van der Waals surface area contributed by atoms with Crippen molar-refractivity contribution in [3.63, 3.8) is 0 Å². The fraction of sp³-hybridized carbons (Fsp3) is 0.500. The second kappa shape index (κ2) is 7.98. The van der Waals surface area contributed by atoms with Crippen LogP contribution in [0.4, 0.5) is 21.0 Å². The van der Waals surface area contributed by atoms with Crippen LogP contribution in [0.3, 0.4) is 0 Å². The number of ether oxygens (including phenoxy) is 2.